The molecule has 0 aliphatic heterocycles. The van der Waals surface area contributed by atoms with Gasteiger partial charge in [-0.2, -0.15) is 0 Å². The second-order valence-electron chi connectivity index (χ2n) is 4.74. The summed E-state index contributed by atoms with van der Waals surface area (Å²) >= 11 is 0. The summed E-state index contributed by atoms with van der Waals surface area (Å²) in [5.74, 6) is 1.62. The fraction of sp³-hybridized carbons (Fsp3) is 0.538. The zero-order valence-corrected chi connectivity index (χ0v) is 10.1. The van der Waals surface area contributed by atoms with Crippen molar-refractivity contribution in [3.63, 3.8) is 0 Å². The summed E-state index contributed by atoms with van der Waals surface area (Å²) in [4.78, 5) is 0. The van der Waals surface area contributed by atoms with Crippen molar-refractivity contribution in [2.45, 2.75) is 25.8 Å². The lowest BCUT2D eigenvalue weighted by Crippen LogP contribution is -2.20. The maximum Gasteiger partial charge on any atom is 0.127 e. The number of nitrogens with two attached hydrogens (primary N) is 1. The summed E-state index contributed by atoms with van der Waals surface area (Å²) in [7, 11) is 3.32. The molecule has 0 saturated heterocycles. The Balaban J connectivity index is 2.32. The number of benzene rings is 1. The van der Waals surface area contributed by atoms with Crippen LogP contribution >= 0.6 is 0 Å². The van der Waals surface area contributed by atoms with Gasteiger partial charge in [0.25, 0.3) is 0 Å². The van der Waals surface area contributed by atoms with Crippen molar-refractivity contribution < 1.29 is 9.47 Å². The van der Waals surface area contributed by atoms with Crippen LogP contribution in [0.4, 0.5) is 0 Å². The van der Waals surface area contributed by atoms with E-state index < -0.39 is 0 Å². The van der Waals surface area contributed by atoms with E-state index in [1.165, 1.54) is 12.8 Å². The van der Waals surface area contributed by atoms with Crippen LogP contribution in [0.3, 0.4) is 0 Å². The molecule has 0 heterocycles. The van der Waals surface area contributed by atoms with E-state index in [2.05, 4.69) is 6.92 Å². The third kappa shape index (κ3) is 1.87. The molecule has 0 amide bonds. The van der Waals surface area contributed by atoms with Crippen molar-refractivity contribution in [3.8, 4) is 11.5 Å². The molecule has 1 unspecified atom stereocenters. The predicted octanol–water partition coefficient (Wildman–Crippen LogP) is 2.50. The van der Waals surface area contributed by atoms with Gasteiger partial charge in [-0.25, -0.2) is 0 Å². The highest BCUT2D eigenvalue weighted by molar-refractivity contribution is 5.43. The van der Waals surface area contributed by atoms with Crippen LogP contribution in [0.15, 0.2) is 18.2 Å². The molecule has 0 aromatic heterocycles. The van der Waals surface area contributed by atoms with Gasteiger partial charge in [0.2, 0.25) is 0 Å². The minimum absolute atomic E-state index is 0.0494. The van der Waals surface area contributed by atoms with E-state index in [1.54, 1.807) is 14.2 Å². The highest BCUT2D eigenvalue weighted by atomic mass is 16.5. The molecule has 1 aliphatic carbocycles. The Morgan fingerprint density at radius 3 is 2.44 bits per heavy atom. The highest BCUT2D eigenvalue weighted by Crippen LogP contribution is 2.54. The Kier molecular flexibility index (Phi) is 2.80. The van der Waals surface area contributed by atoms with Crippen LogP contribution < -0.4 is 15.2 Å². The van der Waals surface area contributed by atoms with E-state index in [1.807, 2.05) is 18.2 Å². The molecule has 0 bridgehead atoms. The first-order valence-electron chi connectivity index (χ1n) is 5.58. The highest BCUT2D eigenvalue weighted by Gasteiger charge is 2.44. The molecule has 2 rings (SSSR count). The first-order valence-corrected chi connectivity index (χ1v) is 5.58. The van der Waals surface area contributed by atoms with Gasteiger partial charge in [0.05, 0.1) is 14.2 Å². The van der Waals surface area contributed by atoms with Crippen molar-refractivity contribution in [1.82, 2.24) is 0 Å². The quantitative estimate of drug-likeness (QED) is 0.849. The second-order valence-corrected chi connectivity index (χ2v) is 4.74. The van der Waals surface area contributed by atoms with Gasteiger partial charge in [0.1, 0.15) is 11.5 Å². The van der Waals surface area contributed by atoms with Crippen LogP contribution in [0.2, 0.25) is 0 Å². The third-order valence-electron chi connectivity index (χ3n) is 3.57. The number of methoxy groups -OCH3 is 2. The van der Waals surface area contributed by atoms with Gasteiger partial charge in [-0.15, -0.1) is 0 Å². The Hall–Kier alpha value is -1.22. The molecule has 3 heteroatoms. The average molecular weight is 221 g/mol. The van der Waals surface area contributed by atoms with Crippen LogP contribution in [0.1, 0.15) is 31.4 Å². The van der Waals surface area contributed by atoms with Crippen molar-refractivity contribution in [2.75, 3.05) is 14.2 Å². The fourth-order valence-electron chi connectivity index (χ4n) is 1.96. The molecule has 0 spiro atoms. The van der Waals surface area contributed by atoms with Crippen LogP contribution in [-0.2, 0) is 0 Å². The second kappa shape index (κ2) is 3.98. The van der Waals surface area contributed by atoms with Crippen molar-refractivity contribution in [2.24, 2.45) is 11.1 Å². The van der Waals surface area contributed by atoms with Crippen molar-refractivity contribution in [1.29, 1.82) is 0 Å². The molecule has 1 atom stereocenters. The number of ether oxygens (including phenoxy) is 2. The van der Waals surface area contributed by atoms with Gasteiger partial charge in [-0.05, 0) is 24.3 Å². The van der Waals surface area contributed by atoms with Gasteiger partial charge in [-0.1, -0.05) is 13.0 Å². The summed E-state index contributed by atoms with van der Waals surface area (Å²) in [6.07, 6.45) is 2.40. The maximum absolute atomic E-state index is 6.28. The number of rotatable bonds is 4. The topological polar surface area (TPSA) is 44.5 Å². The number of hydrogen-bond acceptors (Lipinski definition) is 3. The Bertz CT molecular complexity index is 386. The largest absolute Gasteiger partial charge is 0.497 e. The van der Waals surface area contributed by atoms with Crippen molar-refractivity contribution >= 4 is 0 Å². The smallest absolute Gasteiger partial charge is 0.127 e. The van der Waals surface area contributed by atoms with Crippen LogP contribution in [-0.4, -0.2) is 14.2 Å². The van der Waals surface area contributed by atoms with E-state index in [9.17, 15) is 0 Å². The lowest BCUT2D eigenvalue weighted by Gasteiger charge is -2.21. The van der Waals surface area contributed by atoms with Gasteiger partial charge in [0, 0.05) is 17.7 Å². The zero-order chi connectivity index (χ0) is 11.8. The minimum Gasteiger partial charge on any atom is -0.497 e. The maximum atomic E-state index is 6.28. The van der Waals surface area contributed by atoms with E-state index in [-0.39, 0.29) is 11.5 Å². The van der Waals surface area contributed by atoms with Gasteiger partial charge in [-0.3, -0.25) is 0 Å². The normalized spacial score (nSPS) is 19.0. The Labute approximate surface area is 96.5 Å². The molecule has 1 saturated carbocycles. The van der Waals surface area contributed by atoms with Crippen LogP contribution in [0.5, 0.6) is 11.5 Å². The van der Waals surface area contributed by atoms with Crippen LogP contribution in [0, 0.1) is 5.41 Å². The molecular formula is C13H19NO2. The molecule has 1 aromatic rings. The number of hydrogen-bond donors (Lipinski definition) is 1. The zero-order valence-electron chi connectivity index (χ0n) is 10.1. The molecule has 1 aromatic carbocycles. The fourth-order valence-corrected chi connectivity index (χ4v) is 1.96. The predicted molar refractivity (Wildman–Crippen MR) is 63.8 cm³/mol. The summed E-state index contributed by atoms with van der Waals surface area (Å²) in [6, 6.07) is 5.88. The molecule has 1 fully saturated rings. The minimum atomic E-state index is 0.0494. The van der Waals surface area contributed by atoms with Gasteiger partial charge in [0.15, 0.2) is 0 Å². The molecule has 16 heavy (non-hydrogen) atoms. The summed E-state index contributed by atoms with van der Waals surface area (Å²) in [5.41, 5.74) is 7.61. The van der Waals surface area contributed by atoms with Crippen LogP contribution in [0.25, 0.3) is 0 Å². The molecular weight excluding hydrogens is 202 g/mol. The lowest BCUT2D eigenvalue weighted by atomic mass is 9.92. The summed E-state index contributed by atoms with van der Waals surface area (Å²) < 4.78 is 10.5. The van der Waals surface area contributed by atoms with Crippen molar-refractivity contribution in [3.05, 3.63) is 23.8 Å². The summed E-state index contributed by atoms with van der Waals surface area (Å²) in [5, 5.41) is 0. The molecule has 0 radical (unpaired) electrons. The van der Waals surface area contributed by atoms with E-state index in [0.29, 0.717) is 0 Å². The first kappa shape index (κ1) is 11.3. The molecule has 88 valence electrons. The van der Waals surface area contributed by atoms with E-state index in [4.69, 9.17) is 15.2 Å². The Morgan fingerprint density at radius 2 is 1.94 bits per heavy atom. The molecule has 1 aliphatic rings. The lowest BCUT2D eigenvalue weighted by molar-refractivity contribution is 0.374. The average Bonchev–Trinajstić information content (AvgIpc) is 3.06. The SMILES string of the molecule is COc1ccc(C(N)C2(C)CC2)c(OC)c1. The molecule has 2 N–H and O–H groups in total. The molecule has 3 nitrogen and oxygen atoms in total. The third-order valence-corrected chi connectivity index (χ3v) is 3.57. The Morgan fingerprint density at radius 1 is 1.25 bits per heavy atom. The van der Waals surface area contributed by atoms with E-state index in [0.717, 1.165) is 17.1 Å². The van der Waals surface area contributed by atoms with Gasteiger partial charge < -0.3 is 15.2 Å². The van der Waals surface area contributed by atoms with Gasteiger partial charge >= 0.3 is 0 Å². The summed E-state index contributed by atoms with van der Waals surface area (Å²) in [6.45, 7) is 2.22. The monoisotopic (exact) mass is 221 g/mol. The first-order chi connectivity index (χ1) is 7.60. The van der Waals surface area contributed by atoms with E-state index >= 15 is 0 Å². The standard InChI is InChI=1S/C13H19NO2/c1-13(6-7-13)12(14)10-5-4-9(15-2)8-11(10)16-3/h4-5,8,12H,6-7,14H2,1-3H3.